The van der Waals surface area contributed by atoms with Crippen molar-refractivity contribution < 1.29 is 19.4 Å². The van der Waals surface area contributed by atoms with Crippen molar-refractivity contribution in [2.45, 2.75) is 77.2 Å². The van der Waals surface area contributed by atoms with Gasteiger partial charge in [0, 0.05) is 42.3 Å². The summed E-state index contributed by atoms with van der Waals surface area (Å²) >= 11 is 0. The molecule has 3 saturated heterocycles. The smallest absolute Gasteiger partial charge is 0.308 e. The van der Waals surface area contributed by atoms with Gasteiger partial charge in [-0.25, -0.2) is 0 Å². The Morgan fingerprint density at radius 1 is 1.40 bits per heavy atom. The average Bonchev–Trinajstić information content (AvgIpc) is 3.15. The van der Waals surface area contributed by atoms with E-state index in [0.717, 1.165) is 37.8 Å². The number of nitrogens with zero attached hydrogens (tertiary/aromatic N) is 1. The molecule has 0 amide bonds. The number of esters is 1. The van der Waals surface area contributed by atoms with Gasteiger partial charge in [0.2, 0.25) is 0 Å². The van der Waals surface area contributed by atoms with E-state index in [2.05, 4.69) is 18.4 Å². The lowest BCUT2D eigenvalue weighted by atomic mass is 9.39. The summed E-state index contributed by atoms with van der Waals surface area (Å²) in [5.41, 5.74) is 0.855. The van der Waals surface area contributed by atoms with Crippen LogP contribution in [0.25, 0.3) is 0 Å². The lowest BCUT2D eigenvalue weighted by Crippen LogP contribution is -2.68. The molecule has 1 unspecified atom stereocenters. The molecule has 9 bridgehead atoms. The summed E-state index contributed by atoms with van der Waals surface area (Å²) in [4.78, 5) is 28.6. The fourth-order valence-electron chi connectivity index (χ4n) is 10.8. The van der Waals surface area contributed by atoms with Gasteiger partial charge in [-0.05, 0) is 48.3 Å². The second kappa shape index (κ2) is 5.06. The number of carbonyl (C=O) groups is 2. The normalized spacial score (nSPS) is 61.7. The molecule has 0 radical (unpaired) electrons. The number of hydrogen-bond donors (Lipinski definition) is 1. The van der Waals surface area contributed by atoms with Gasteiger partial charge in [0.1, 0.15) is 11.9 Å². The molecule has 0 aromatic heterocycles. The van der Waals surface area contributed by atoms with Crippen LogP contribution >= 0.6 is 0 Å². The largest absolute Gasteiger partial charge is 0.461 e. The number of rotatable bonds is 3. The molecule has 9 fully saturated rings. The number of aliphatic hydroxyl groups is 1. The number of Topliss-reactive ketones (excluding diaryl/α,β-unsaturated/α-hetero) is 1. The lowest BCUT2D eigenvalue weighted by molar-refractivity contribution is -0.220. The standard InChI is InChI=1S/C25H33NO4/c1-5-11(2)22(29)30-18-15-12(3)8-24-9-13-19-23(4)10-26(13)21(16(18)24)25(19,7-6-14(23)27)20(24)17(15)28/h11,13,15-21,28H,3,5-10H2,1-2,4H3/t11-,13-,15+,16+,17+,18+,19+,20+,21+,23+,24-,25-/m0/s1. The Balaban J connectivity index is 1.40. The molecule has 0 aromatic carbocycles. The monoisotopic (exact) mass is 411 g/mol. The molecule has 2 spiro atoms. The maximum absolute atomic E-state index is 13.0. The van der Waals surface area contributed by atoms with Crippen molar-refractivity contribution >= 4 is 11.8 Å². The van der Waals surface area contributed by atoms with Crippen LogP contribution in [0, 0.1) is 45.8 Å². The number of piperidine rings is 2. The van der Waals surface area contributed by atoms with Crippen molar-refractivity contribution in [2.75, 3.05) is 6.54 Å². The van der Waals surface area contributed by atoms with Crippen LogP contribution in [0.3, 0.4) is 0 Å². The fraction of sp³-hybridized carbons (Fsp3) is 0.840. The molecular weight excluding hydrogens is 378 g/mol. The Morgan fingerprint density at radius 3 is 2.90 bits per heavy atom. The number of ether oxygens (including phenoxy) is 1. The van der Waals surface area contributed by atoms with Gasteiger partial charge >= 0.3 is 5.97 Å². The van der Waals surface area contributed by atoms with Gasteiger partial charge in [0.05, 0.1) is 12.0 Å². The highest BCUT2D eigenvalue weighted by Gasteiger charge is 2.90. The Morgan fingerprint density at radius 2 is 2.17 bits per heavy atom. The highest BCUT2D eigenvalue weighted by Crippen LogP contribution is 2.86. The highest BCUT2D eigenvalue weighted by atomic mass is 16.5. The van der Waals surface area contributed by atoms with Gasteiger partial charge < -0.3 is 9.84 Å². The van der Waals surface area contributed by atoms with Crippen molar-refractivity contribution in [1.29, 1.82) is 0 Å². The van der Waals surface area contributed by atoms with Crippen molar-refractivity contribution in [3.8, 4) is 0 Å². The molecule has 13 atom stereocenters. The van der Waals surface area contributed by atoms with E-state index in [0.29, 0.717) is 30.2 Å². The minimum atomic E-state index is -0.499. The number of hydrogen-bond acceptors (Lipinski definition) is 5. The zero-order valence-electron chi connectivity index (χ0n) is 18.3. The summed E-state index contributed by atoms with van der Waals surface area (Å²) in [5, 5.41) is 11.8. The lowest BCUT2D eigenvalue weighted by Gasteiger charge is -2.65. The Kier molecular flexibility index (Phi) is 3.10. The van der Waals surface area contributed by atoms with E-state index in [1.54, 1.807) is 0 Å². The van der Waals surface area contributed by atoms with Crippen LogP contribution in [0.15, 0.2) is 12.2 Å². The van der Waals surface area contributed by atoms with Crippen LogP contribution in [0.4, 0.5) is 0 Å². The van der Waals surface area contributed by atoms with E-state index in [-0.39, 0.29) is 52.0 Å². The molecule has 162 valence electrons. The molecule has 3 aliphatic heterocycles. The van der Waals surface area contributed by atoms with E-state index >= 15 is 0 Å². The van der Waals surface area contributed by atoms with E-state index in [4.69, 9.17) is 4.74 Å². The van der Waals surface area contributed by atoms with Crippen LogP contribution < -0.4 is 0 Å². The van der Waals surface area contributed by atoms with Crippen LogP contribution in [0.2, 0.25) is 0 Å². The summed E-state index contributed by atoms with van der Waals surface area (Å²) in [6.07, 6.45) is 3.58. The molecule has 0 aromatic rings. The van der Waals surface area contributed by atoms with E-state index < -0.39 is 6.10 Å². The molecule has 3 heterocycles. The average molecular weight is 412 g/mol. The maximum Gasteiger partial charge on any atom is 0.308 e. The van der Waals surface area contributed by atoms with Crippen LogP contribution in [-0.4, -0.2) is 52.6 Å². The quantitative estimate of drug-likeness (QED) is 0.571. The third-order valence-electron chi connectivity index (χ3n) is 11.4. The summed E-state index contributed by atoms with van der Waals surface area (Å²) < 4.78 is 6.28. The summed E-state index contributed by atoms with van der Waals surface area (Å²) in [7, 11) is 0. The predicted octanol–water partition coefficient (Wildman–Crippen LogP) is 2.57. The van der Waals surface area contributed by atoms with Crippen molar-refractivity contribution in [3.05, 3.63) is 12.2 Å². The molecule has 1 N–H and O–H groups in total. The Labute approximate surface area is 178 Å². The number of fused-ring (bicyclic) bond motifs is 1. The zero-order chi connectivity index (χ0) is 21.0. The zero-order valence-corrected chi connectivity index (χ0v) is 18.3. The minimum Gasteiger partial charge on any atom is -0.461 e. The second-order valence-electron chi connectivity index (χ2n) is 12.1. The van der Waals surface area contributed by atoms with E-state index in [9.17, 15) is 14.7 Å². The molecule has 6 aliphatic carbocycles. The van der Waals surface area contributed by atoms with Crippen LogP contribution in [-0.2, 0) is 14.3 Å². The summed E-state index contributed by atoms with van der Waals surface area (Å²) in [5.74, 6) is 0.930. The third kappa shape index (κ3) is 1.54. The van der Waals surface area contributed by atoms with Gasteiger partial charge in [-0.2, -0.15) is 0 Å². The van der Waals surface area contributed by atoms with Crippen LogP contribution in [0.1, 0.15) is 52.9 Å². The van der Waals surface area contributed by atoms with Crippen molar-refractivity contribution in [2.24, 2.45) is 45.8 Å². The number of carbonyl (C=O) groups excluding carboxylic acids is 2. The van der Waals surface area contributed by atoms with Crippen molar-refractivity contribution in [3.63, 3.8) is 0 Å². The van der Waals surface area contributed by atoms with Gasteiger partial charge in [0.25, 0.3) is 0 Å². The first-order valence-electron chi connectivity index (χ1n) is 12.1. The molecule has 9 aliphatic rings. The van der Waals surface area contributed by atoms with E-state index in [1.165, 1.54) is 0 Å². The first kappa shape index (κ1) is 18.4. The van der Waals surface area contributed by atoms with Gasteiger partial charge in [0.15, 0.2) is 0 Å². The third-order valence-corrected chi connectivity index (χ3v) is 11.4. The van der Waals surface area contributed by atoms with Gasteiger partial charge in [-0.1, -0.05) is 32.9 Å². The van der Waals surface area contributed by atoms with Crippen molar-refractivity contribution in [1.82, 2.24) is 4.90 Å². The predicted molar refractivity (Wildman–Crippen MR) is 109 cm³/mol. The maximum atomic E-state index is 13.0. The van der Waals surface area contributed by atoms with E-state index in [1.807, 2.05) is 13.8 Å². The number of ketones is 1. The fourth-order valence-corrected chi connectivity index (χ4v) is 10.8. The van der Waals surface area contributed by atoms with Gasteiger partial charge in [-0.3, -0.25) is 14.5 Å². The molecular formula is C25H33NO4. The van der Waals surface area contributed by atoms with Crippen LogP contribution in [0.5, 0.6) is 0 Å². The molecule has 6 saturated carbocycles. The second-order valence-corrected chi connectivity index (χ2v) is 12.1. The SMILES string of the molecule is C=C1C[C@]23C[C@H]4[C@H]5[C@]67CCC(=O)[C@@]5(C)CN4[C@@H]6[C@H]2[C@H](OC(=O)[C@@H](C)CC)[C@H]1[C@@H](O)[C@H]37. The molecule has 5 heteroatoms. The first-order valence-corrected chi connectivity index (χ1v) is 12.1. The highest BCUT2D eigenvalue weighted by molar-refractivity contribution is 5.87. The Hall–Kier alpha value is -1.20. The number of aliphatic hydroxyl groups excluding tert-OH is 1. The minimum absolute atomic E-state index is 0.000377. The molecule has 9 rings (SSSR count). The molecule has 30 heavy (non-hydrogen) atoms. The Bertz CT molecular complexity index is 915. The summed E-state index contributed by atoms with van der Waals surface area (Å²) in [6, 6.07) is 0.812. The first-order chi connectivity index (χ1) is 14.2. The topological polar surface area (TPSA) is 66.8 Å². The summed E-state index contributed by atoms with van der Waals surface area (Å²) in [6.45, 7) is 11.4. The van der Waals surface area contributed by atoms with Gasteiger partial charge in [-0.15, -0.1) is 0 Å². The molecule has 5 nitrogen and oxygen atoms in total.